The lowest BCUT2D eigenvalue weighted by Crippen LogP contribution is -2.17. The van der Waals surface area contributed by atoms with Crippen molar-refractivity contribution in [3.63, 3.8) is 0 Å². The molecular formula is C21H19N5OS. The third kappa shape index (κ3) is 4.50. The van der Waals surface area contributed by atoms with Crippen LogP contribution in [0.3, 0.4) is 0 Å². The number of amides is 1. The van der Waals surface area contributed by atoms with Crippen molar-refractivity contribution in [3.05, 3.63) is 95.3 Å². The maximum Gasteiger partial charge on any atom is 0.274 e. The number of hydrogen-bond acceptors (Lipinski definition) is 5. The van der Waals surface area contributed by atoms with Gasteiger partial charge in [-0.1, -0.05) is 6.07 Å². The number of anilines is 1. The van der Waals surface area contributed by atoms with Gasteiger partial charge in [0.05, 0.1) is 5.69 Å². The maximum absolute atomic E-state index is 12.7. The van der Waals surface area contributed by atoms with E-state index < -0.39 is 0 Å². The zero-order valence-electron chi connectivity index (χ0n) is 15.2. The second kappa shape index (κ2) is 8.58. The predicted molar refractivity (Wildman–Crippen MR) is 109 cm³/mol. The molecule has 4 aromatic heterocycles. The molecule has 1 N–H and O–H groups in total. The minimum Gasteiger partial charge on any atom is -0.339 e. The number of pyridine rings is 2. The molecule has 0 aliphatic rings. The molecule has 0 aliphatic heterocycles. The summed E-state index contributed by atoms with van der Waals surface area (Å²) in [6, 6.07) is 11.6. The third-order valence-corrected chi connectivity index (χ3v) is 5.14. The second-order valence-corrected chi connectivity index (χ2v) is 7.19. The van der Waals surface area contributed by atoms with Crippen LogP contribution in [0.1, 0.15) is 27.3 Å². The largest absolute Gasteiger partial charge is 0.339 e. The smallest absolute Gasteiger partial charge is 0.274 e. The molecule has 0 aromatic carbocycles. The lowest BCUT2D eigenvalue weighted by molar-refractivity contribution is 0.101. The standard InChI is InChI=1S/C21H19N5OS/c27-20(19-4-2-12-26(19)14-17-7-10-22-11-8-17)25-21-24-18(15-28-21)6-5-16-3-1-9-23-13-16/h1-4,7-13,15H,5-6,14H2,(H,24,25,27). The van der Waals surface area contributed by atoms with Crippen molar-refractivity contribution in [2.24, 2.45) is 0 Å². The van der Waals surface area contributed by atoms with Gasteiger partial charge in [-0.05, 0) is 54.3 Å². The first kappa shape index (κ1) is 18.1. The lowest BCUT2D eigenvalue weighted by Gasteiger charge is -2.08. The summed E-state index contributed by atoms with van der Waals surface area (Å²) in [7, 11) is 0. The van der Waals surface area contributed by atoms with Gasteiger partial charge >= 0.3 is 0 Å². The highest BCUT2D eigenvalue weighted by atomic mass is 32.1. The van der Waals surface area contributed by atoms with Gasteiger partial charge in [0.2, 0.25) is 0 Å². The number of hydrogen-bond donors (Lipinski definition) is 1. The minimum atomic E-state index is -0.160. The summed E-state index contributed by atoms with van der Waals surface area (Å²) >= 11 is 1.44. The normalized spacial score (nSPS) is 10.7. The van der Waals surface area contributed by atoms with Crippen LogP contribution >= 0.6 is 11.3 Å². The summed E-state index contributed by atoms with van der Waals surface area (Å²) in [5, 5.41) is 5.51. The zero-order chi connectivity index (χ0) is 19.2. The van der Waals surface area contributed by atoms with Crippen LogP contribution in [0.25, 0.3) is 0 Å². The lowest BCUT2D eigenvalue weighted by atomic mass is 10.1. The Balaban J connectivity index is 1.38. The summed E-state index contributed by atoms with van der Waals surface area (Å²) in [6.07, 6.45) is 10.7. The first-order valence-corrected chi connectivity index (χ1v) is 9.84. The van der Waals surface area contributed by atoms with Gasteiger partial charge in [-0.2, -0.15) is 0 Å². The first-order chi connectivity index (χ1) is 13.8. The Morgan fingerprint density at radius 3 is 2.71 bits per heavy atom. The van der Waals surface area contributed by atoms with Crippen LogP contribution in [0.5, 0.6) is 0 Å². The summed E-state index contributed by atoms with van der Waals surface area (Å²) in [4.78, 5) is 25.4. The maximum atomic E-state index is 12.7. The molecule has 0 bridgehead atoms. The van der Waals surface area contributed by atoms with E-state index in [-0.39, 0.29) is 5.91 Å². The fourth-order valence-corrected chi connectivity index (χ4v) is 3.64. The fraction of sp³-hybridized carbons (Fsp3) is 0.143. The number of carbonyl (C=O) groups is 1. The molecule has 0 fully saturated rings. The van der Waals surface area contributed by atoms with E-state index in [0.717, 1.165) is 24.1 Å². The Morgan fingerprint density at radius 2 is 1.89 bits per heavy atom. The molecule has 0 atom stereocenters. The van der Waals surface area contributed by atoms with Gasteiger partial charge in [0, 0.05) is 42.9 Å². The molecule has 1 amide bonds. The van der Waals surface area contributed by atoms with E-state index in [4.69, 9.17) is 0 Å². The van der Waals surface area contributed by atoms with Gasteiger partial charge < -0.3 is 4.57 Å². The summed E-state index contributed by atoms with van der Waals surface area (Å²) in [5.74, 6) is -0.160. The molecule has 4 rings (SSSR count). The molecule has 6 nitrogen and oxygen atoms in total. The summed E-state index contributed by atoms with van der Waals surface area (Å²) < 4.78 is 1.92. The van der Waals surface area contributed by atoms with Crippen LogP contribution in [0.15, 0.2) is 72.8 Å². The number of aryl methyl sites for hydroxylation is 2. The topological polar surface area (TPSA) is 72.7 Å². The third-order valence-electron chi connectivity index (χ3n) is 4.33. The highest BCUT2D eigenvalue weighted by molar-refractivity contribution is 7.13. The van der Waals surface area contributed by atoms with Gasteiger partial charge in [-0.3, -0.25) is 20.1 Å². The van der Waals surface area contributed by atoms with Crippen molar-refractivity contribution in [3.8, 4) is 0 Å². The van der Waals surface area contributed by atoms with E-state index in [1.807, 2.05) is 52.7 Å². The molecule has 0 saturated heterocycles. The molecule has 140 valence electrons. The second-order valence-electron chi connectivity index (χ2n) is 6.34. The summed E-state index contributed by atoms with van der Waals surface area (Å²) in [6.45, 7) is 0.618. The molecule has 28 heavy (non-hydrogen) atoms. The van der Waals surface area contributed by atoms with Crippen molar-refractivity contribution < 1.29 is 4.79 Å². The van der Waals surface area contributed by atoms with Crippen molar-refractivity contribution >= 4 is 22.4 Å². The average Bonchev–Trinajstić information content (AvgIpc) is 3.37. The molecule has 0 unspecified atom stereocenters. The number of rotatable bonds is 7. The quantitative estimate of drug-likeness (QED) is 0.521. The number of nitrogens with zero attached hydrogens (tertiary/aromatic N) is 4. The van der Waals surface area contributed by atoms with Crippen molar-refractivity contribution in [1.29, 1.82) is 0 Å². The number of thiazole rings is 1. The highest BCUT2D eigenvalue weighted by Gasteiger charge is 2.13. The van der Waals surface area contributed by atoms with Gasteiger partial charge in [0.15, 0.2) is 5.13 Å². The van der Waals surface area contributed by atoms with E-state index in [2.05, 4.69) is 26.3 Å². The molecule has 7 heteroatoms. The highest BCUT2D eigenvalue weighted by Crippen LogP contribution is 2.18. The van der Waals surface area contributed by atoms with E-state index in [9.17, 15) is 4.79 Å². The van der Waals surface area contributed by atoms with Crippen LogP contribution in [0.2, 0.25) is 0 Å². The Morgan fingerprint density at radius 1 is 1.00 bits per heavy atom. The molecular weight excluding hydrogens is 370 g/mol. The van der Waals surface area contributed by atoms with Crippen LogP contribution in [0, 0.1) is 0 Å². The van der Waals surface area contributed by atoms with E-state index in [1.165, 1.54) is 16.9 Å². The Labute approximate surface area is 166 Å². The molecule has 4 heterocycles. The zero-order valence-corrected chi connectivity index (χ0v) is 16.0. The van der Waals surface area contributed by atoms with Crippen molar-refractivity contribution in [2.45, 2.75) is 19.4 Å². The van der Waals surface area contributed by atoms with Gasteiger partial charge in [-0.15, -0.1) is 11.3 Å². The van der Waals surface area contributed by atoms with Gasteiger partial charge in [-0.25, -0.2) is 4.98 Å². The molecule has 0 saturated carbocycles. The van der Waals surface area contributed by atoms with Gasteiger partial charge in [0.25, 0.3) is 5.91 Å². The molecule has 4 aromatic rings. The number of nitrogens with one attached hydrogen (secondary N) is 1. The summed E-state index contributed by atoms with van der Waals surface area (Å²) in [5.41, 5.74) is 3.84. The van der Waals surface area contributed by atoms with Crippen LogP contribution < -0.4 is 5.32 Å². The van der Waals surface area contributed by atoms with Crippen LogP contribution in [-0.2, 0) is 19.4 Å². The monoisotopic (exact) mass is 389 g/mol. The predicted octanol–water partition coefficient (Wildman–Crippen LogP) is 3.82. The molecule has 0 radical (unpaired) electrons. The average molecular weight is 389 g/mol. The SMILES string of the molecule is O=C(Nc1nc(CCc2cccnc2)cs1)c1cccn1Cc1ccncc1. The first-order valence-electron chi connectivity index (χ1n) is 8.96. The Kier molecular flexibility index (Phi) is 5.53. The van der Waals surface area contributed by atoms with E-state index in [1.54, 1.807) is 18.6 Å². The molecule has 0 spiro atoms. The van der Waals surface area contributed by atoms with E-state index in [0.29, 0.717) is 17.4 Å². The number of aromatic nitrogens is 4. The van der Waals surface area contributed by atoms with Crippen molar-refractivity contribution in [1.82, 2.24) is 19.5 Å². The molecule has 0 aliphatic carbocycles. The van der Waals surface area contributed by atoms with Crippen LogP contribution in [-0.4, -0.2) is 25.4 Å². The van der Waals surface area contributed by atoms with Crippen LogP contribution in [0.4, 0.5) is 5.13 Å². The van der Waals surface area contributed by atoms with E-state index >= 15 is 0 Å². The Hall–Kier alpha value is -3.32. The fourth-order valence-electron chi connectivity index (χ4n) is 2.90. The minimum absolute atomic E-state index is 0.160. The Bertz CT molecular complexity index is 1040. The van der Waals surface area contributed by atoms with Gasteiger partial charge in [0.1, 0.15) is 5.69 Å². The number of carbonyl (C=O) groups excluding carboxylic acids is 1. The van der Waals surface area contributed by atoms with Crippen molar-refractivity contribution in [2.75, 3.05) is 5.32 Å².